The van der Waals surface area contributed by atoms with Crippen LogP contribution < -0.4 is 5.32 Å². The number of rotatable bonds is 6. The van der Waals surface area contributed by atoms with Crippen molar-refractivity contribution in [3.63, 3.8) is 0 Å². The summed E-state index contributed by atoms with van der Waals surface area (Å²) in [6.45, 7) is 11.8. The largest absolute Gasteiger partial charge is 0.466 e. The predicted molar refractivity (Wildman–Crippen MR) is 102 cm³/mol. The second-order valence-electron chi connectivity index (χ2n) is 6.24. The number of guanidine groups is 1. The quantitative estimate of drug-likeness (QED) is 0.476. The van der Waals surface area contributed by atoms with E-state index in [4.69, 9.17) is 9.73 Å². The van der Waals surface area contributed by atoms with Gasteiger partial charge < -0.3 is 15.0 Å². The Morgan fingerprint density at radius 3 is 2.64 bits per heavy atom. The van der Waals surface area contributed by atoms with E-state index in [9.17, 15) is 4.79 Å². The molecule has 25 heavy (non-hydrogen) atoms. The van der Waals surface area contributed by atoms with E-state index < -0.39 is 0 Å². The predicted octanol–water partition coefficient (Wildman–Crippen LogP) is 2.54. The summed E-state index contributed by atoms with van der Waals surface area (Å²) in [4.78, 5) is 24.7. The molecule has 0 radical (unpaired) electrons. The van der Waals surface area contributed by atoms with E-state index >= 15 is 0 Å². The minimum Gasteiger partial charge on any atom is -0.466 e. The van der Waals surface area contributed by atoms with Gasteiger partial charge in [0.05, 0.1) is 23.2 Å². The molecular weight excluding hydrogens is 336 g/mol. The molecule has 1 saturated heterocycles. The highest BCUT2D eigenvalue weighted by atomic mass is 32.1. The van der Waals surface area contributed by atoms with E-state index in [1.165, 1.54) is 4.88 Å². The third-order valence-corrected chi connectivity index (χ3v) is 5.48. The monoisotopic (exact) mass is 366 g/mol. The fourth-order valence-corrected chi connectivity index (χ4v) is 4.01. The molecule has 0 spiro atoms. The molecule has 1 aliphatic heterocycles. The number of hydrogen-bond acceptors (Lipinski definition) is 5. The summed E-state index contributed by atoms with van der Waals surface area (Å²) in [5.74, 6) is 0.922. The second kappa shape index (κ2) is 9.75. The smallest absolute Gasteiger partial charge is 0.309 e. The van der Waals surface area contributed by atoms with Crippen molar-refractivity contribution in [1.29, 1.82) is 0 Å². The zero-order valence-electron chi connectivity index (χ0n) is 15.8. The lowest BCUT2D eigenvalue weighted by Crippen LogP contribution is -2.46. The van der Waals surface area contributed by atoms with Gasteiger partial charge in [-0.05, 0) is 40.5 Å². The molecule has 7 heteroatoms. The minimum atomic E-state index is -0.0554. The first kappa shape index (κ1) is 19.7. The standard InChI is InChI=1S/C18H30N4O2S/c1-5-19-18(20-10-7-16-13(3)21-14(4)25-16)22-11-8-15(9-12-22)17(23)24-6-2/h15H,5-12H2,1-4H3,(H,19,20). The number of aryl methyl sites for hydroxylation is 2. The highest BCUT2D eigenvalue weighted by molar-refractivity contribution is 7.11. The molecular formula is C18H30N4O2S. The number of aliphatic imine (C=N–C) groups is 1. The number of likely N-dealkylation sites (tertiary alicyclic amines) is 1. The number of carbonyl (C=O) groups excluding carboxylic acids is 1. The van der Waals surface area contributed by atoms with Crippen molar-refractivity contribution in [2.24, 2.45) is 10.9 Å². The highest BCUT2D eigenvalue weighted by Crippen LogP contribution is 2.20. The average Bonchev–Trinajstić information content (AvgIpc) is 2.92. The number of piperidine rings is 1. The molecule has 2 rings (SSSR count). The van der Waals surface area contributed by atoms with Crippen LogP contribution in [0.3, 0.4) is 0 Å². The SMILES string of the molecule is CCNC(=NCCc1sc(C)nc1C)N1CCC(C(=O)OCC)CC1. The molecule has 0 aliphatic carbocycles. The molecule has 1 fully saturated rings. The van der Waals surface area contributed by atoms with Gasteiger partial charge in [-0.2, -0.15) is 0 Å². The van der Waals surface area contributed by atoms with Gasteiger partial charge in [-0.3, -0.25) is 9.79 Å². The van der Waals surface area contributed by atoms with Crippen molar-refractivity contribution >= 4 is 23.3 Å². The van der Waals surface area contributed by atoms with Gasteiger partial charge in [0.2, 0.25) is 0 Å². The molecule has 0 atom stereocenters. The molecule has 1 aromatic rings. The molecule has 0 aromatic carbocycles. The first-order valence-corrected chi connectivity index (χ1v) is 9.99. The van der Waals surface area contributed by atoms with E-state index in [1.807, 2.05) is 13.8 Å². The molecule has 0 amide bonds. The van der Waals surface area contributed by atoms with Gasteiger partial charge in [-0.15, -0.1) is 11.3 Å². The van der Waals surface area contributed by atoms with Crippen molar-refractivity contribution in [1.82, 2.24) is 15.2 Å². The first-order valence-electron chi connectivity index (χ1n) is 9.17. The van der Waals surface area contributed by atoms with Crippen molar-refractivity contribution in [2.75, 3.05) is 32.8 Å². The molecule has 0 bridgehead atoms. The van der Waals surface area contributed by atoms with Crippen LogP contribution in [-0.4, -0.2) is 54.6 Å². The number of nitrogens with one attached hydrogen (secondary N) is 1. The van der Waals surface area contributed by atoms with Gasteiger partial charge in [-0.25, -0.2) is 4.98 Å². The van der Waals surface area contributed by atoms with Gasteiger partial charge >= 0.3 is 5.97 Å². The van der Waals surface area contributed by atoms with Crippen LogP contribution in [0.4, 0.5) is 0 Å². The van der Waals surface area contributed by atoms with Gasteiger partial charge in [0.1, 0.15) is 0 Å². The van der Waals surface area contributed by atoms with Gasteiger partial charge in [0, 0.05) is 37.5 Å². The molecule has 0 saturated carbocycles. The molecule has 2 heterocycles. The number of esters is 1. The van der Waals surface area contributed by atoms with Crippen molar-refractivity contribution in [2.45, 2.75) is 47.0 Å². The Bertz CT molecular complexity index is 592. The van der Waals surface area contributed by atoms with Crippen LogP contribution in [0.5, 0.6) is 0 Å². The van der Waals surface area contributed by atoms with Gasteiger partial charge in [0.25, 0.3) is 0 Å². The van der Waals surface area contributed by atoms with E-state index in [-0.39, 0.29) is 11.9 Å². The summed E-state index contributed by atoms with van der Waals surface area (Å²) in [6.07, 6.45) is 2.58. The highest BCUT2D eigenvalue weighted by Gasteiger charge is 2.27. The molecule has 140 valence electrons. The normalized spacial score (nSPS) is 16.2. The number of nitrogens with zero attached hydrogens (tertiary/aromatic N) is 3. The van der Waals surface area contributed by atoms with E-state index in [0.717, 1.165) is 62.1 Å². The summed E-state index contributed by atoms with van der Waals surface area (Å²) < 4.78 is 5.14. The topological polar surface area (TPSA) is 66.8 Å². The fourth-order valence-electron chi connectivity index (χ4n) is 3.08. The van der Waals surface area contributed by atoms with Gasteiger partial charge in [0.15, 0.2) is 5.96 Å². The molecule has 6 nitrogen and oxygen atoms in total. The summed E-state index contributed by atoms with van der Waals surface area (Å²) in [5.41, 5.74) is 1.12. The zero-order valence-corrected chi connectivity index (χ0v) is 16.6. The summed E-state index contributed by atoms with van der Waals surface area (Å²) >= 11 is 1.76. The summed E-state index contributed by atoms with van der Waals surface area (Å²) in [7, 11) is 0. The van der Waals surface area contributed by atoms with Crippen LogP contribution in [0.2, 0.25) is 0 Å². The second-order valence-corrected chi connectivity index (χ2v) is 7.53. The Morgan fingerprint density at radius 1 is 1.36 bits per heavy atom. The summed E-state index contributed by atoms with van der Waals surface area (Å²) in [5, 5.41) is 4.49. The summed E-state index contributed by atoms with van der Waals surface area (Å²) in [6, 6.07) is 0. The lowest BCUT2D eigenvalue weighted by atomic mass is 9.97. The Morgan fingerprint density at radius 2 is 2.08 bits per heavy atom. The third-order valence-electron chi connectivity index (χ3n) is 4.35. The van der Waals surface area contributed by atoms with Crippen LogP contribution in [0, 0.1) is 19.8 Å². The van der Waals surface area contributed by atoms with E-state index in [2.05, 4.69) is 29.0 Å². The Kier molecular flexibility index (Phi) is 7.68. The van der Waals surface area contributed by atoms with Crippen molar-refractivity contribution < 1.29 is 9.53 Å². The van der Waals surface area contributed by atoms with Crippen molar-refractivity contribution in [3.8, 4) is 0 Å². The average molecular weight is 367 g/mol. The lowest BCUT2D eigenvalue weighted by Gasteiger charge is -2.33. The maximum atomic E-state index is 11.9. The molecule has 1 N–H and O–H groups in total. The molecule has 1 aromatic heterocycles. The molecule has 0 unspecified atom stereocenters. The third kappa shape index (κ3) is 5.70. The molecule has 1 aliphatic rings. The Labute approximate surface area is 154 Å². The Hall–Kier alpha value is -1.63. The minimum absolute atomic E-state index is 0.0295. The van der Waals surface area contributed by atoms with Crippen LogP contribution in [0.25, 0.3) is 0 Å². The van der Waals surface area contributed by atoms with Crippen molar-refractivity contribution in [3.05, 3.63) is 15.6 Å². The lowest BCUT2D eigenvalue weighted by molar-refractivity contribution is -0.149. The van der Waals surface area contributed by atoms with Crippen LogP contribution in [0.1, 0.15) is 42.3 Å². The number of aromatic nitrogens is 1. The zero-order chi connectivity index (χ0) is 18.2. The van der Waals surface area contributed by atoms with E-state index in [1.54, 1.807) is 11.3 Å². The van der Waals surface area contributed by atoms with Crippen LogP contribution in [0.15, 0.2) is 4.99 Å². The van der Waals surface area contributed by atoms with E-state index in [0.29, 0.717) is 6.61 Å². The number of thiazole rings is 1. The van der Waals surface area contributed by atoms with Gasteiger partial charge in [-0.1, -0.05) is 0 Å². The fraction of sp³-hybridized carbons (Fsp3) is 0.722. The number of hydrogen-bond donors (Lipinski definition) is 1. The Balaban J connectivity index is 1.89. The maximum absolute atomic E-state index is 11.9. The number of carbonyl (C=O) groups is 1. The van der Waals surface area contributed by atoms with Crippen LogP contribution in [-0.2, 0) is 16.0 Å². The first-order chi connectivity index (χ1) is 12.0. The maximum Gasteiger partial charge on any atom is 0.309 e. The van der Waals surface area contributed by atoms with Crippen LogP contribution >= 0.6 is 11.3 Å². The number of ether oxygens (including phenoxy) is 1.